The van der Waals surface area contributed by atoms with Crippen molar-refractivity contribution in [3.8, 4) is 5.75 Å². The third kappa shape index (κ3) is 5.72. The first-order chi connectivity index (χ1) is 12.8. The van der Waals surface area contributed by atoms with Gasteiger partial charge in [-0.25, -0.2) is 13.2 Å². The van der Waals surface area contributed by atoms with E-state index < -0.39 is 48.1 Å². The molecule has 0 saturated carbocycles. The van der Waals surface area contributed by atoms with Gasteiger partial charge in [-0.05, 0) is 37.3 Å². The Kier molecular flexibility index (Phi) is 7.23. The first-order valence-electron chi connectivity index (χ1n) is 7.91. The van der Waals surface area contributed by atoms with Gasteiger partial charge in [-0.2, -0.15) is 0 Å². The topological polar surface area (TPSA) is 58.6 Å². The molecule has 0 unspecified atom stereocenters. The fourth-order valence-corrected chi connectivity index (χ4v) is 2.50. The molecule has 0 heterocycles. The molecule has 144 valence electrons. The number of benzene rings is 2. The molecule has 0 fully saturated rings. The molecule has 0 bridgehead atoms. The van der Waals surface area contributed by atoms with Crippen LogP contribution in [0.3, 0.4) is 0 Å². The zero-order valence-corrected chi connectivity index (χ0v) is 15.9. The van der Waals surface area contributed by atoms with Gasteiger partial charge in [0.1, 0.15) is 17.3 Å². The van der Waals surface area contributed by atoms with Gasteiger partial charge in [-0.3, -0.25) is 9.59 Å². The van der Waals surface area contributed by atoms with E-state index in [1.807, 2.05) is 0 Å². The number of nitrogens with one attached hydrogen (secondary N) is 1. The molecule has 1 N–H and O–H groups in total. The van der Waals surface area contributed by atoms with Crippen LogP contribution in [0.5, 0.6) is 5.75 Å². The van der Waals surface area contributed by atoms with Crippen molar-refractivity contribution in [2.24, 2.45) is 0 Å². The number of nitrogens with zero attached hydrogens (tertiary/aromatic N) is 1. The zero-order chi connectivity index (χ0) is 20.0. The number of ether oxygens (including phenoxy) is 1. The fourth-order valence-electron chi connectivity index (χ4n) is 2.17. The number of hydrogen-bond acceptors (Lipinski definition) is 3. The minimum Gasteiger partial charge on any atom is -0.481 e. The summed E-state index contributed by atoms with van der Waals surface area (Å²) in [5, 5.41) is 2.10. The lowest BCUT2D eigenvalue weighted by Crippen LogP contribution is -2.40. The van der Waals surface area contributed by atoms with Gasteiger partial charge in [0, 0.05) is 11.0 Å². The lowest BCUT2D eigenvalue weighted by molar-refractivity contribution is -0.136. The maximum absolute atomic E-state index is 13.7. The summed E-state index contributed by atoms with van der Waals surface area (Å²) in [5.74, 6) is -3.96. The van der Waals surface area contributed by atoms with Crippen LogP contribution in [-0.4, -0.2) is 36.4 Å². The highest BCUT2D eigenvalue weighted by molar-refractivity contribution is 9.10. The first-order valence-corrected chi connectivity index (χ1v) is 8.70. The van der Waals surface area contributed by atoms with E-state index in [4.69, 9.17) is 4.74 Å². The Labute approximate surface area is 162 Å². The molecule has 2 aromatic rings. The number of likely N-dealkylation sites (N-methyl/N-ethyl adjacent to an activating group) is 1. The molecule has 2 rings (SSSR count). The normalized spacial score (nSPS) is 10.4. The summed E-state index contributed by atoms with van der Waals surface area (Å²) in [5.41, 5.74) is -0.584. The highest BCUT2D eigenvalue weighted by Gasteiger charge is 2.19. The molecule has 0 aliphatic heterocycles. The largest absolute Gasteiger partial charge is 0.481 e. The van der Waals surface area contributed by atoms with E-state index in [-0.39, 0.29) is 12.3 Å². The van der Waals surface area contributed by atoms with Crippen LogP contribution in [0.15, 0.2) is 40.9 Å². The van der Waals surface area contributed by atoms with Gasteiger partial charge < -0.3 is 15.0 Å². The number of carbonyl (C=O) groups is 2. The predicted octanol–water partition coefficient (Wildman–Crippen LogP) is 3.73. The lowest BCUT2D eigenvalue weighted by atomic mass is 10.3. The van der Waals surface area contributed by atoms with E-state index in [1.54, 1.807) is 13.0 Å². The molecule has 27 heavy (non-hydrogen) atoms. The van der Waals surface area contributed by atoms with Crippen LogP contribution in [-0.2, 0) is 9.59 Å². The van der Waals surface area contributed by atoms with E-state index in [2.05, 4.69) is 21.2 Å². The molecule has 9 heteroatoms. The van der Waals surface area contributed by atoms with Crippen LogP contribution < -0.4 is 10.1 Å². The van der Waals surface area contributed by atoms with Crippen LogP contribution in [0, 0.1) is 17.5 Å². The van der Waals surface area contributed by atoms with E-state index >= 15 is 0 Å². The molecule has 0 spiro atoms. The highest BCUT2D eigenvalue weighted by Crippen LogP contribution is 2.21. The second-order valence-electron chi connectivity index (χ2n) is 5.42. The van der Waals surface area contributed by atoms with Crippen LogP contribution in [0.4, 0.5) is 18.9 Å². The Morgan fingerprint density at radius 2 is 1.78 bits per heavy atom. The van der Waals surface area contributed by atoms with Crippen molar-refractivity contribution in [3.63, 3.8) is 0 Å². The van der Waals surface area contributed by atoms with Gasteiger partial charge in [0.15, 0.2) is 18.2 Å². The Morgan fingerprint density at radius 3 is 2.37 bits per heavy atom. The van der Waals surface area contributed by atoms with Gasteiger partial charge in [0.2, 0.25) is 5.91 Å². The predicted molar refractivity (Wildman–Crippen MR) is 96.8 cm³/mol. The van der Waals surface area contributed by atoms with Crippen molar-refractivity contribution >= 4 is 33.4 Å². The third-order valence-corrected chi connectivity index (χ3v) is 4.03. The van der Waals surface area contributed by atoms with Crippen molar-refractivity contribution in [1.82, 2.24) is 4.90 Å². The van der Waals surface area contributed by atoms with Gasteiger partial charge >= 0.3 is 0 Å². The molecular weight excluding hydrogens is 429 g/mol. The Balaban J connectivity index is 1.95. The van der Waals surface area contributed by atoms with Gasteiger partial charge in [-0.1, -0.05) is 22.0 Å². The van der Waals surface area contributed by atoms with Gasteiger partial charge in [-0.15, -0.1) is 0 Å². The first kappa shape index (κ1) is 20.8. The standard InChI is InChI=1S/C18H16BrF3N2O3/c1-2-24(9-16(25)23-18-12(20)4-3-5-13(18)21)17(26)10-27-15-7-6-11(19)8-14(15)22/h3-8H,2,9-10H2,1H3,(H,23,25). The molecule has 0 atom stereocenters. The molecule has 0 aromatic heterocycles. The van der Waals surface area contributed by atoms with Crippen LogP contribution in [0.25, 0.3) is 0 Å². The summed E-state index contributed by atoms with van der Waals surface area (Å²) in [7, 11) is 0. The van der Waals surface area contributed by atoms with Gasteiger partial charge in [0.25, 0.3) is 5.91 Å². The number of hydrogen-bond donors (Lipinski definition) is 1. The van der Waals surface area contributed by atoms with Crippen molar-refractivity contribution in [2.45, 2.75) is 6.92 Å². The summed E-state index contributed by atoms with van der Waals surface area (Å²) in [4.78, 5) is 25.3. The Morgan fingerprint density at radius 1 is 1.11 bits per heavy atom. The summed E-state index contributed by atoms with van der Waals surface area (Å²) in [6.07, 6.45) is 0. The number of para-hydroxylation sites is 1. The second-order valence-corrected chi connectivity index (χ2v) is 6.33. The average Bonchev–Trinajstić information content (AvgIpc) is 2.62. The van der Waals surface area contributed by atoms with Crippen molar-refractivity contribution in [1.29, 1.82) is 0 Å². The maximum atomic E-state index is 13.7. The zero-order valence-electron chi connectivity index (χ0n) is 14.3. The average molecular weight is 445 g/mol. The quantitative estimate of drug-likeness (QED) is 0.707. The molecule has 2 amide bonds. The number of anilines is 1. The summed E-state index contributed by atoms with van der Waals surface area (Å²) < 4.78 is 46.5. The number of carbonyl (C=O) groups excluding carboxylic acids is 2. The summed E-state index contributed by atoms with van der Waals surface area (Å²) in [6, 6.07) is 7.27. The molecular formula is C18H16BrF3N2O3. The van der Waals surface area contributed by atoms with Crippen LogP contribution in [0.1, 0.15) is 6.92 Å². The van der Waals surface area contributed by atoms with E-state index in [0.717, 1.165) is 17.0 Å². The fraction of sp³-hybridized carbons (Fsp3) is 0.222. The Hall–Kier alpha value is -2.55. The molecule has 0 radical (unpaired) electrons. The van der Waals surface area contributed by atoms with Gasteiger partial charge in [0.05, 0.1) is 6.54 Å². The minimum absolute atomic E-state index is 0.111. The minimum atomic E-state index is -0.924. The van der Waals surface area contributed by atoms with Crippen LogP contribution >= 0.6 is 15.9 Å². The summed E-state index contributed by atoms with van der Waals surface area (Å²) in [6.45, 7) is 0.844. The number of halogens is 4. The monoisotopic (exact) mass is 444 g/mol. The maximum Gasteiger partial charge on any atom is 0.260 e. The van der Waals surface area contributed by atoms with E-state index in [9.17, 15) is 22.8 Å². The lowest BCUT2D eigenvalue weighted by Gasteiger charge is -2.20. The molecule has 2 aromatic carbocycles. The van der Waals surface area contributed by atoms with Crippen molar-refractivity contribution in [3.05, 3.63) is 58.3 Å². The highest BCUT2D eigenvalue weighted by atomic mass is 79.9. The second kappa shape index (κ2) is 9.40. The molecule has 0 aliphatic rings. The number of amides is 2. The Bertz CT molecular complexity index is 828. The number of rotatable bonds is 7. The van der Waals surface area contributed by atoms with Crippen LogP contribution in [0.2, 0.25) is 0 Å². The van der Waals surface area contributed by atoms with Crippen molar-refractivity contribution < 1.29 is 27.5 Å². The van der Waals surface area contributed by atoms with E-state index in [1.165, 1.54) is 18.2 Å². The third-order valence-electron chi connectivity index (χ3n) is 3.54. The smallest absolute Gasteiger partial charge is 0.260 e. The summed E-state index contributed by atoms with van der Waals surface area (Å²) >= 11 is 3.11. The molecule has 0 aliphatic carbocycles. The van der Waals surface area contributed by atoms with Crippen molar-refractivity contribution in [2.75, 3.05) is 25.0 Å². The van der Waals surface area contributed by atoms with E-state index in [0.29, 0.717) is 4.47 Å². The SMILES string of the molecule is CCN(CC(=O)Nc1c(F)cccc1F)C(=O)COc1ccc(Br)cc1F. The molecule has 0 saturated heterocycles. The molecule has 5 nitrogen and oxygen atoms in total.